The number of benzene rings is 1. The number of hydrogen-bond acceptors (Lipinski definition) is 5. The number of hydrogen-bond donors (Lipinski definition) is 0. The van der Waals surface area contributed by atoms with Gasteiger partial charge in [0, 0.05) is 45.5 Å². The third kappa shape index (κ3) is 4.40. The Kier molecular flexibility index (Phi) is 5.88. The third-order valence-corrected chi connectivity index (χ3v) is 5.01. The summed E-state index contributed by atoms with van der Waals surface area (Å²) in [5.74, 6) is 0. The van der Waals surface area contributed by atoms with Crippen LogP contribution < -0.4 is 16.1 Å². The van der Waals surface area contributed by atoms with E-state index in [9.17, 15) is 9.59 Å². The molecule has 0 saturated carbocycles. The van der Waals surface area contributed by atoms with Crippen LogP contribution in [-0.4, -0.2) is 52.0 Å². The number of anilines is 1. The summed E-state index contributed by atoms with van der Waals surface area (Å²) in [5, 5.41) is 3.92. The molecule has 7 nitrogen and oxygen atoms in total. The Labute approximate surface area is 153 Å². The first-order valence-electron chi connectivity index (χ1n) is 9.22. The van der Waals surface area contributed by atoms with E-state index >= 15 is 0 Å². The summed E-state index contributed by atoms with van der Waals surface area (Å²) in [6.45, 7) is 7.91. The molecule has 0 bridgehead atoms. The maximum Gasteiger partial charge on any atom is 0.347 e. The summed E-state index contributed by atoms with van der Waals surface area (Å²) < 4.78 is 2.47. The van der Waals surface area contributed by atoms with Crippen LogP contribution >= 0.6 is 0 Å². The highest BCUT2D eigenvalue weighted by atomic mass is 16.2. The van der Waals surface area contributed by atoms with Gasteiger partial charge in [0.25, 0.3) is 5.56 Å². The van der Waals surface area contributed by atoms with Crippen LogP contribution in [0.15, 0.2) is 40.1 Å². The molecule has 1 aromatic carbocycles. The Hall–Kier alpha value is -2.41. The maximum absolute atomic E-state index is 11.9. The largest absolute Gasteiger partial charge is 0.369 e. The van der Waals surface area contributed by atoms with Gasteiger partial charge >= 0.3 is 5.69 Å². The zero-order valence-electron chi connectivity index (χ0n) is 15.6. The van der Waals surface area contributed by atoms with E-state index in [0.717, 1.165) is 50.1 Å². The number of aryl methyl sites for hydroxylation is 2. The Balaban J connectivity index is 1.40. The molecule has 1 aliphatic rings. The van der Waals surface area contributed by atoms with Crippen molar-refractivity contribution in [3.05, 3.63) is 56.9 Å². The Morgan fingerprint density at radius 1 is 0.962 bits per heavy atom. The van der Waals surface area contributed by atoms with Gasteiger partial charge in [0.05, 0.1) is 0 Å². The predicted molar refractivity (Wildman–Crippen MR) is 103 cm³/mol. The van der Waals surface area contributed by atoms with Gasteiger partial charge in [-0.2, -0.15) is 5.10 Å². The molecule has 2 heterocycles. The van der Waals surface area contributed by atoms with Crippen molar-refractivity contribution in [1.82, 2.24) is 19.2 Å². The lowest BCUT2D eigenvalue weighted by molar-refractivity contribution is 0.250. The molecule has 0 spiro atoms. The lowest BCUT2D eigenvalue weighted by Crippen LogP contribution is -2.46. The molecule has 140 valence electrons. The van der Waals surface area contributed by atoms with Crippen LogP contribution in [0.1, 0.15) is 18.4 Å². The Bertz CT molecular complexity index is 832. The molecule has 0 radical (unpaired) electrons. The van der Waals surface area contributed by atoms with Crippen LogP contribution in [0, 0.1) is 6.92 Å². The standard InChI is InChI=1S/C19H27N5O2/c1-16-5-7-17(8-6-16)23-13-11-22(12-14-23)9-3-4-10-24-19(26)21(2)18(25)15-20-24/h5-8,15H,3-4,9-14H2,1-2H3. The Morgan fingerprint density at radius 3 is 2.31 bits per heavy atom. The molecule has 0 unspecified atom stereocenters. The molecule has 0 N–H and O–H groups in total. The lowest BCUT2D eigenvalue weighted by Gasteiger charge is -2.36. The van der Waals surface area contributed by atoms with Gasteiger partial charge in [0.2, 0.25) is 0 Å². The van der Waals surface area contributed by atoms with Crippen molar-refractivity contribution in [2.24, 2.45) is 7.05 Å². The minimum absolute atomic E-state index is 0.343. The van der Waals surface area contributed by atoms with Crippen LogP contribution in [0.3, 0.4) is 0 Å². The molecular weight excluding hydrogens is 330 g/mol. The van der Waals surface area contributed by atoms with E-state index in [1.54, 1.807) is 0 Å². The average Bonchev–Trinajstić information content (AvgIpc) is 2.66. The van der Waals surface area contributed by atoms with Crippen molar-refractivity contribution in [3.63, 3.8) is 0 Å². The van der Waals surface area contributed by atoms with Crippen LogP contribution in [0.5, 0.6) is 0 Å². The number of nitrogens with zero attached hydrogens (tertiary/aromatic N) is 5. The molecule has 26 heavy (non-hydrogen) atoms. The van der Waals surface area contributed by atoms with E-state index in [2.05, 4.69) is 46.1 Å². The topological polar surface area (TPSA) is 63.4 Å². The molecular formula is C19H27N5O2. The average molecular weight is 357 g/mol. The first kappa shape index (κ1) is 18.4. The fourth-order valence-electron chi connectivity index (χ4n) is 3.26. The SMILES string of the molecule is Cc1ccc(N2CCN(CCCCn3ncc(=O)n(C)c3=O)CC2)cc1. The summed E-state index contributed by atoms with van der Waals surface area (Å²) in [4.78, 5) is 28.2. The zero-order valence-corrected chi connectivity index (χ0v) is 15.6. The van der Waals surface area contributed by atoms with Crippen molar-refractivity contribution in [2.75, 3.05) is 37.6 Å². The summed E-state index contributed by atoms with van der Waals surface area (Å²) in [6.07, 6.45) is 3.09. The van der Waals surface area contributed by atoms with E-state index in [-0.39, 0.29) is 11.2 Å². The van der Waals surface area contributed by atoms with Gasteiger partial charge in [-0.1, -0.05) is 17.7 Å². The summed E-state index contributed by atoms with van der Waals surface area (Å²) in [7, 11) is 1.48. The minimum Gasteiger partial charge on any atom is -0.369 e. The second-order valence-electron chi connectivity index (χ2n) is 6.92. The number of aromatic nitrogens is 3. The van der Waals surface area contributed by atoms with Crippen LogP contribution in [0.4, 0.5) is 5.69 Å². The van der Waals surface area contributed by atoms with E-state index in [4.69, 9.17) is 0 Å². The highest BCUT2D eigenvalue weighted by Gasteiger charge is 2.16. The normalized spacial score (nSPS) is 15.4. The van der Waals surface area contributed by atoms with Gasteiger partial charge in [0.15, 0.2) is 0 Å². The smallest absolute Gasteiger partial charge is 0.347 e. The highest BCUT2D eigenvalue weighted by Crippen LogP contribution is 2.17. The second kappa shape index (κ2) is 8.31. The second-order valence-corrected chi connectivity index (χ2v) is 6.92. The molecule has 0 atom stereocenters. The monoisotopic (exact) mass is 357 g/mol. The first-order chi connectivity index (χ1) is 12.5. The van der Waals surface area contributed by atoms with E-state index < -0.39 is 0 Å². The number of rotatable bonds is 6. The summed E-state index contributed by atoms with van der Waals surface area (Å²) >= 11 is 0. The molecule has 1 aromatic heterocycles. The fraction of sp³-hybridized carbons (Fsp3) is 0.526. The van der Waals surface area contributed by atoms with E-state index in [1.165, 1.54) is 29.2 Å². The van der Waals surface area contributed by atoms with Gasteiger partial charge in [-0.05, 0) is 38.4 Å². The van der Waals surface area contributed by atoms with Gasteiger partial charge in [-0.3, -0.25) is 14.3 Å². The molecule has 1 saturated heterocycles. The molecule has 7 heteroatoms. The van der Waals surface area contributed by atoms with Crippen molar-refractivity contribution in [3.8, 4) is 0 Å². The van der Waals surface area contributed by atoms with Crippen LogP contribution in [0.25, 0.3) is 0 Å². The quantitative estimate of drug-likeness (QED) is 0.718. The molecule has 1 aliphatic heterocycles. The first-order valence-corrected chi connectivity index (χ1v) is 9.22. The van der Waals surface area contributed by atoms with Crippen molar-refractivity contribution >= 4 is 5.69 Å². The molecule has 3 rings (SSSR count). The molecule has 0 amide bonds. The van der Waals surface area contributed by atoms with Crippen molar-refractivity contribution in [1.29, 1.82) is 0 Å². The van der Waals surface area contributed by atoms with Gasteiger partial charge < -0.3 is 4.90 Å². The minimum atomic E-state index is -0.363. The van der Waals surface area contributed by atoms with Gasteiger partial charge in [-0.15, -0.1) is 0 Å². The molecule has 0 aliphatic carbocycles. The van der Waals surface area contributed by atoms with Crippen LogP contribution in [0.2, 0.25) is 0 Å². The number of piperazine rings is 1. The van der Waals surface area contributed by atoms with Gasteiger partial charge in [0.1, 0.15) is 6.20 Å². The highest BCUT2D eigenvalue weighted by molar-refractivity contribution is 5.47. The predicted octanol–water partition coefficient (Wildman–Crippen LogP) is 0.853. The Morgan fingerprint density at radius 2 is 1.62 bits per heavy atom. The summed E-state index contributed by atoms with van der Waals surface area (Å²) in [6, 6.07) is 8.72. The molecule has 2 aromatic rings. The lowest BCUT2D eigenvalue weighted by atomic mass is 10.2. The van der Waals surface area contributed by atoms with Gasteiger partial charge in [-0.25, -0.2) is 9.48 Å². The number of unbranched alkanes of at least 4 members (excludes halogenated alkanes) is 1. The third-order valence-electron chi connectivity index (χ3n) is 5.01. The van der Waals surface area contributed by atoms with Crippen molar-refractivity contribution < 1.29 is 0 Å². The zero-order chi connectivity index (χ0) is 18.5. The maximum atomic E-state index is 11.9. The van der Waals surface area contributed by atoms with E-state index in [1.807, 2.05) is 0 Å². The molecule has 1 fully saturated rings. The fourth-order valence-corrected chi connectivity index (χ4v) is 3.26. The van der Waals surface area contributed by atoms with Crippen molar-refractivity contribution in [2.45, 2.75) is 26.3 Å². The summed E-state index contributed by atoms with van der Waals surface area (Å²) in [5.41, 5.74) is 1.89. The van der Waals surface area contributed by atoms with Crippen LogP contribution in [-0.2, 0) is 13.6 Å². The van der Waals surface area contributed by atoms with E-state index in [0.29, 0.717) is 6.54 Å².